The molecule has 5 aromatic rings. The number of benzene rings is 3. The van der Waals surface area contributed by atoms with E-state index in [4.69, 9.17) is 14.2 Å². The maximum Gasteiger partial charge on any atom is 0.342 e. The van der Waals surface area contributed by atoms with E-state index < -0.39 is 11.8 Å². The number of cyclic esters (lactones) is 1. The quantitative estimate of drug-likeness (QED) is 0.336. The van der Waals surface area contributed by atoms with Gasteiger partial charge in [-0.15, -0.1) is 0 Å². The van der Waals surface area contributed by atoms with Crippen LogP contribution in [0.1, 0.15) is 16.7 Å². The average Bonchev–Trinajstić information content (AvgIpc) is 3.61. The Kier molecular flexibility index (Phi) is 5.20. The number of ether oxygens (including phenoxy) is 3. The van der Waals surface area contributed by atoms with Gasteiger partial charge in [-0.1, -0.05) is 12.1 Å². The van der Waals surface area contributed by atoms with Crippen LogP contribution >= 0.6 is 11.7 Å². The molecule has 0 amide bonds. The molecule has 0 saturated carbocycles. The number of esters is 1. The second-order valence-corrected chi connectivity index (χ2v) is 8.88. The summed E-state index contributed by atoms with van der Waals surface area (Å²) < 4.78 is 25.2. The summed E-state index contributed by atoms with van der Waals surface area (Å²) >= 11 is 1.09. The van der Waals surface area contributed by atoms with Crippen LogP contribution in [-0.2, 0) is 21.7 Å². The minimum absolute atomic E-state index is 0.216. The van der Waals surface area contributed by atoms with E-state index in [2.05, 4.69) is 18.7 Å². The smallest absolute Gasteiger partial charge is 0.342 e. The number of hydrogen-bond acceptors (Lipinski definition) is 9. The Hall–Kier alpha value is -4.28. The number of rotatable bonds is 6. The van der Waals surface area contributed by atoms with E-state index in [1.807, 2.05) is 18.2 Å². The summed E-state index contributed by atoms with van der Waals surface area (Å²) in [6.07, 6.45) is 1.84. The minimum Gasteiger partial charge on any atom is -0.497 e. The van der Waals surface area contributed by atoms with Crippen molar-refractivity contribution in [2.45, 2.75) is 12.2 Å². The number of imidazole rings is 1. The van der Waals surface area contributed by atoms with E-state index >= 15 is 0 Å². The number of aliphatic hydroxyl groups is 1. The van der Waals surface area contributed by atoms with E-state index in [0.29, 0.717) is 28.2 Å². The molecule has 1 aliphatic heterocycles. The normalized spacial score (nSPS) is 17.7. The molecule has 3 aromatic carbocycles. The van der Waals surface area contributed by atoms with Gasteiger partial charge < -0.3 is 24.3 Å². The molecule has 3 heterocycles. The van der Waals surface area contributed by atoms with Crippen molar-refractivity contribution in [3.8, 4) is 11.5 Å². The summed E-state index contributed by atoms with van der Waals surface area (Å²) in [6.45, 7) is 0. The van der Waals surface area contributed by atoms with Gasteiger partial charge in [0.1, 0.15) is 22.5 Å². The number of carbonyl (C=O) groups is 1. The van der Waals surface area contributed by atoms with Crippen molar-refractivity contribution < 1.29 is 24.1 Å². The van der Waals surface area contributed by atoms with Gasteiger partial charge in [0.05, 0.1) is 54.4 Å². The fourth-order valence-electron chi connectivity index (χ4n) is 4.57. The molecule has 180 valence electrons. The highest BCUT2D eigenvalue weighted by molar-refractivity contribution is 7.00. The SMILES string of the molecule is COc1ccc(OC)c(C2(O)OC(=O)C(c3ccc4nsnc4c3)=C2Cc2ccc3[nH]cnc3c2)c1. The number of H-pyrrole nitrogens is 1. The Morgan fingerprint density at radius 3 is 2.69 bits per heavy atom. The molecule has 1 atom stereocenters. The molecule has 2 N–H and O–H groups in total. The van der Waals surface area contributed by atoms with Gasteiger partial charge in [-0.05, 0) is 53.6 Å². The molecule has 0 bridgehead atoms. The standard InChI is InChI=1S/C26H20N4O5S/c1-33-16-5-8-23(34-2)17(12-16)26(32)18(9-14-3-6-19-21(10-14)28-13-27-19)24(25(31)35-26)15-4-7-20-22(11-15)30-36-29-20/h3-8,10-13,32H,9H2,1-2H3,(H,27,28). The molecule has 9 nitrogen and oxygen atoms in total. The van der Waals surface area contributed by atoms with Crippen molar-refractivity contribution in [1.82, 2.24) is 18.7 Å². The summed E-state index contributed by atoms with van der Waals surface area (Å²) in [4.78, 5) is 20.8. The predicted molar refractivity (Wildman–Crippen MR) is 134 cm³/mol. The Bertz CT molecular complexity index is 1670. The maximum absolute atomic E-state index is 13.4. The number of methoxy groups -OCH3 is 2. The van der Waals surface area contributed by atoms with Crippen LogP contribution < -0.4 is 9.47 Å². The summed E-state index contributed by atoms with van der Waals surface area (Å²) in [5.41, 5.74) is 5.37. The van der Waals surface area contributed by atoms with E-state index in [1.54, 1.807) is 42.7 Å². The van der Waals surface area contributed by atoms with Gasteiger partial charge in [0.25, 0.3) is 5.79 Å². The highest BCUT2D eigenvalue weighted by Gasteiger charge is 2.50. The van der Waals surface area contributed by atoms with Crippen molar-refractivity contribution in [1.29, 1.82) is 0 Å². The first kappa shape index (κ1) is 22.2. The monoisotopic (exact) mass is 500 g/mol. The number of carbonyl (C=O) groups excluding carboxylic acids is 1. The maximum atomic E-state index is 13.4. The molecule has 36 heavy (non-hydrogen) atoms. The molecule has 0 saturated heterocycles. The average molecular weight is 501 g/mol. The van der Waals surface area contributed by atoms with Crippen LogP contribution in [0.15, 0.2) is 66.5 Å². The van der Waals surface area contributed by atoms with Crippen LogP contribution in [0.4, 0.5) is 0 Å². The van der Waals surface area contributed by atoms with Crippen LogP contribution in [0.25, 0.3) is 27.6 Å². The molecular formula is C26H20N4O5S. The van der Waals surface area contributed by atoms with Crippen LogP contribution in [0.2, 0.25) is 0 Å². The number of aromatic nitrogens is 4. The van der Waals surface area contributed by atoms with Gasteiger partial charge in [-0.2, -0.15) is 8.75 Å². The Balaban J connectivity index is 1.58. The van der Waals surface area contributed by atoms with Crippen molar-refractivity contribution >= 4 is 45.3 Å². The third-order valence-corrected chi connectivity index (χ3v) is 6.89. The van der Waals surface area contributed by atoms with Crippen LogP contribution in [-0.4, -0.2) is 44.0 Å². The molecule has 0 spiro atoms. The predicted octanol–water partition coefficient (Wildman–Crippen LogP) is 3.98. The van der Waals surface area contributed by atoms with Gasteiger partial charge in [-0.25, -0.2) is 9.78 Å². The topological polar surface area (TPSA) is 119 Å². The number of fused-ring (bicyclic) bond motifs is 2. The summed E-state index contributed by atoms with van der Waals surface area (Å²) in [7, 11) is 3.01. The molecular weight excluding hydrogens is 480 g/mol. The largest absolute Gasteiger partial charge is 0.497 e. The number of nitrogens with zero attached hydrogens (tertiary/aromatic N) is 3. The third kappa shape index (κ3) is 3.50. The highest BCUT2D eigenvalue weighted by Crippen LogP contribution is 2.48. The zero-order valence-corrected chi connectivity index (χ0v) is 20.1. The van der Waals surface area contributed by atoms with Crippen molar-refractivity contribution in [3.05, 3.63) is 83.2 Å². The number of aromatic amines is 1. The number of nitrogens with one attached hydrogen (secondary N) is 1. The first-order chi connectivity index (χ1) is 17.5. The van der Waals surface area contributed by atoms with E-state index in [-0.39, 0.29) is 17.6 Å². The van der Waals surface area contributed by atoms with Crippen molar-refractivity contribution in [2.75, 3.05) is 14.2 Å². The van der Waals surface area contributed by atoms with Crippen LogP contribution in [0, 0.1) is 0 Å². The lowest BCUT2D eigenvalue weighted by molar-refractivity contribution is -0.185. The van der Waals surface area contributed by atoms with Crippen LogP contribution in [0.5, 0.6) is 11.5 Å². The second-order valence-electron chi connectivity index (χ2n) is 8.35. The fraction of sp³-hybridized carbons (Fsp3) is 0.154. The van der Waals surface area contributed by atoms with Crippen molar-refractivity contribution in [3.63, 3.8) is 0 Å². The van der Waals surface area contributed by atoms with Gasteiger partial charge in [0.2, 0.25) is 0 Å². The lowest BCUT2D eigenvalue weighted by atomic mass is 9.87. The molecule has 1 aliphatic rings. The molecule has 6 rings (SSSR count). The summed E-state index contributed by atoms with van der Waals surface area (Å²) in [5.74, 6) is -1.91. The Morgan fingerprint density at radius 2 is 1.86 bits per heavy atom. The van der Waals surface area contributed by atoms with E-state index in [1.165, 1.54) is 14.2 Å². The number of hydrogen-bond donors (Lipinski definition) is 2. The fourth-order valence-corrected chi connectivity index (χ4v) is 5.08. The van der Waals surface area contributed by atoms with Crippen LogP contribution in [0.3, 0.4) is 0 Å². The lowest BCUT2D eigenvalue weighted by Gasteiger charge is -2.27. The zero-order chi connectivity index (χ0) is 24.9. The van der Waals surface area contributed by atoms with Gasteiger partial charge >= 0.3 is 5.97 Å². The van der Waals surface area contributed by atoms with Gasteiger partial charge in [0, 0.05) is 12.0 Å². The summed E-state index contributed by atoms with van der Waals surface area (Å²) in [6, 6.07) is 16.1. The molecule has 10 heteroatoms. The Morgan fingerprint density at radius 1 is 1.00 bits per heavy atom. The van der Waals surface area contributed by atoms with E-state index in [9.17, 15) is 9.90 Å². The lowest BCUT2D eigenvalue weighted by Crippen LogP contribution is -2.30. The zero-order valence-electron chi connectivity index (χ0n) is 19.3. The molecule has 1 unspecified atom stereocenters. The molecule has 0 radical (unpaired) electrons. The summed E-state index contributed by atoms with van der Waals surface area (Å²) in [5, 5.41) is 12.1. The van der Waals surface area contributed by atoms with Gasteiger partial charge in [-0.3, -0.25) is 0 Å². The first-order valence-electron chi connectivity index (χ1n) is 11.1. The molecule has 0 aliphatic carbocycles. The Labute approximate surface area is 209 Å². The third-order valence-electron chi connectivity index (χ3n) is 6.34. The van der Waals surface area contributed by atoms with Crippen molar-refractivity contribution in [2.24, 2.45) is 0 Å². The van der Waals surface area contributed by atoms with Gasteiger partial charge in [0.15, 0.2) is 0 Å². The highest BCUT2D eigenvalue weighted by atomic mass is 32.1. The molecule has 0 fully saturated rings. The van der Waals surface area contributed by atoms with E-state index in [0.717, 1.165) is 33.8 Å². The second kappa shape index (κ2) is 8.43. The molecule has 2 aromatic heterocycles. The first-order valence-corrected chi connectivity index (χ1v) is 11.8. The minimum atomic E-state index is -2.10.